The van der Waals surface area contributed by atoms with Gasteiger partial charge in [-0.15, -0.1) is 0 Å². The lowest BCUT2D eigenvalue weighted by Gasteiger charge is -2.39. The Hall–Kier alpha value is -2.44. The van der Waals surface area contributed by atoms with Gasteiger partial charge in [0.25, 0.3) is 0 Å². The van der Waals surface area contributed by atoms with Crippen molar-refractivity contribution in [1.82, 2.24) is 15.1 Å². The monoisotopic (exact) mass is 374 g/mol. The number of nitrogens with zero attached hydrogens (tertiary/aromatic N) is 3. The van der Waals surface area contributed by atoms with E-state index < -0.39 is 5.60 Å². The standard InChI is InChI=1S/C20H30N4O3/c1-15-6-5-7-17(12-15)26-11-8-21-18-22-13-16-14-23(9-10-24(16)18)19(25)27-20(2,3)4/h5-7,12,16H,8-11,13-14H2,1-4H3,(H,21,22). The second-order valence-electron chi connectivity index (χ2n) is 8.03. The predicted molar refractivity (Wildman–Crippen MR) is 105 cm³/mol. The molecule has 1 aromatic rings. The van der Waals surface area contributed by atoms with E-state index in [2.05, 4.69) is 28.2 Å². The van der Waals surface area contributed by atoms with Crippen molar-refractivity contribution in [2.24, 2.45) is 4.99 Å². The van der Waals surface area contributed by atoms with Crippen LogP contribution in [-0.4, -0.2) is 72.8 Å². The van der Waals surface area contributed by atoms with Crippen LogP contribution in [0.3, 0.4) is 0 Å². The van der Waals surface area contributed by atoms with E-state index in [0.717, 1.165) is 18.3 Å². The summed E-state index contributed by atoms with van der Waals surface area (Å²) < 4.78 is 11.3. The van der Waals surface area contributed by atoms with Crippen LogP contribution in [0.4, 0.5) is 4.79 Å². The van der Waals surface area contributed by atoms with Gasteiger partial charge in [-0.1, -0.05) is 12.1 Å². The molecule has 1 aromatic carbocycles. The Labute approximate surface area is 161 Å². The van der Waals surface area contributed by atoms with E-state index in [1.54, 1.807) is 4.90 Å². The summed E-state index contributed by atoms with van der Waals surface area (Å²) in [5.74, 6) is 1.78. The zero-order chi connectivity index (χ0) is 19.4. The number of guanidine groups is 1. The lowest BCUT2D eigenvalue weighted by Crippen LogP contribution is -2.57. The molecule has 27 heavy (non-hydrogen) atoms. The summed E-state index contributed by atoms with van der Waals surface area (Å²) >= 11 is 0. The van der Waals surface area contributed by atoms with Gasteiger partial charge in [0.1, 0.15) is 18.0 Å². The molecule has 3 rings (SSSR count). The van der Waals surface area contributed by atoms with Crippen LogP contribution < -0.4 is 10.1 Å². The quantitative estimate of drug-likeness (QED) is 0.819. The summed E-state index contributed by atoms with van der Waals surface area (Å²) in [4.78, 5) is 20.9. The van der Waals surface area contributed by atoms with Crippen LogP contribution in [0, 0.1) is 6.92 Å². The van der Waals surface area contributed by atoms with Crippen molar-refractivity contribution in [3.63, 3.8) is 0 Å². The molecular weight excluding hydrogens is 344 g/mol. The van der Waals surface area contributed by atoms with Gasteiger partial charge in [-0.2, -0.15) is 0 Å². The van der Waals surface area contributed by atoms with Crippen LogP contribution in [0.5, 0.6) is 5.75 Å². The first kappa shape index (κ1) is 19.3. The summed E-state index contributed by atoms with van der Waals surface area (Å²) in [7, 11) is 0. The number of amides is 1. The molecule has 1 amide bonds. The smallest absolute Gasteiger partial charge is 0.410 e. The van der Waals surface area contributed by atoms with Crippen LogP contribution in [-0.2, 0) is 4.74 Å². The van der Waals surface area contributed by atoms with E-state index in [4.69, 9.17) is 9.47 Å². The number of fused-ring (bicyclic) bond motifs is 1. The summed E-state index contributed by atoms with van der Waals surface area (Å²) in [6, 6.07) is 8.25. The highest BCUT2D eigenvalue weighted by Crippen LogP contribution is 2.18. The molecule has 1 fully saturated rings. The molecule has 0 bridgehead atoms. The van der Waals surface area contributed by atoms with Gasteiger partial charge >= 0.3 is 6.09 Å². The zero-order valence-electron chi connectivity index (χ0n) is 16.7. The maximum absolute atomic E-state index is 12.3. The Kier molecular flexibility index (Phi) is 5.77. The molecule has 0 saturated carbocycles. The number of rotatable bonds is 4. The molecule has 0 aromatic heterocycles. The van der Waals surface area contributed by atoms with Crippen molar-refractivity contribution >= 4 is 12.1 Å². The molecule has 2 aliphatic rings. The summed E-state index contributed by atoms with van der Waals surface area (Å²) in [6.07, 6.45) is -0.241. The maximum Gasteiger partial charge on any atom is 0.410 e. The molecule has 2 heterocycles. The van der Waals surface area contributed by atoms with Crippen molar-refractivity contribution in [2.75, 3.05) is 39.3 Å². The van der Waals surface area contributed by atoms with Crippen molar-refractivity contribution in [2.45, 2.75) is 39.3 Å². The predicted octanol–water partition coefficient (Wildman–Crippen LogP) is 2.25. The third kappa shape index (κ3) is 5.28. The molecule has 0 spiro atoms. The Morgan fingerprint density at radius 2 is 2.15 bits per heavy atom. The summed E-state index contributed by atoms with van der Waals surface area (Å²) in [5.41, 5.74) is 0.719. The first-order valence-corrected chi connectivity index (χ1v) is 9.54. The molecule has 1 saturated heterocycles. The number of aryl methyl sites for hydroxylation is 1. The fourth-order valence-corrected chi connectivity index (χ4v) is 3.26. The number of ether oxygens (including phenoxy) is 2. The van der Waals surface area contributed by atoms with Crippen molar-refractivity contribution < 1.29 is 14.3 Å². The number of hydrogen-bond donors (Lipinski definition) is 1. The van der Waals surface area contributed by atoms with Crippen molar-refractivity contribution in [1.29, 1.82) is 0 Å². The largest absolute Gasteiger partial charge is 0.492 e. The highest BCUT2D eigenvalue weighted by Gasteiger charge is 2.36. The lowest BCUT2D eigenvalue weighted by atomic mass is 10.2. The minimum atomic E-state index is -0.468. The van der Waals surface area contributed by atoms with Gasteiger partial charge in [0.05, 0.1) is 19.1 Å². The Morgan fingerprint density at radius 3 is 2.89 bits per heavy atom. The van der Waals surface area contributed by atoms with Crippen LogP contribution in [0.25, 0.3) is 0 Å². The highest BCUT2D eigenvalue weighted by molar-refractivity contribution is 5.82. The van der Waals surface area contributed by atoms with E-state index >= 15 is 0 Å². The molecular formula is C20H30N4O3. The van der Waals surface area contributed by atoms with Gasteiger partial charge in [0.15, 0.2) is 5.96 Å². The molecule has 1 atom stereocenters. The molecule has 7 heteroatoms. The second kappa shape index (κ2) is 8.06. The summed E-state index contributed by atoms with van der Waals surface area (Å²) in [5, 5.41) is 3.36. The van der Waals surface area contributed by atoms with Crippen molar-refractivity contribution in [3.05, 3.63) is 29.8 Å². The van der Waals surface area contributed by atoms with E-state index in [1.165, 1.54) is 5.56 Å². The first-order valence-electron chi connectivity index (χ1n) is 9.54. The maximum atomic E-state index is 12.3. The topological polar surface area (TPSA) is 66.4 Å². The highest BCUT2D eigenvalue weighted by atomic mass is 16.6. The van der Waals surface area contributed by atoms with Gasteiger partial charge in [0.2, 0.25) is 0 Å². The second-order valence-corrected chi connectivity index (χ2v) is 8.03. The molecule has 7 nitrogen and oxygen atoms in total. The number of hydrogen-bond acceptors (Lipinski definition) is 6. The molecule has 0 aliphatic carbocycles. The van der Waals surface area contributed by atoms with Gasteiger partial charge in [-0.25, -0.2) is 4.79 Å². The number of benzene rings is 1. The minimum absolute atomic E-state index is 0.214. The third-order valence-electron chi connectivity index (χ3n) is 4.50. The fourth-order valence-electron chi connectivity index (χ4n) is 3.26. The minimum Gasteiger partial charge on any atom is -0.492 e. The molecule has 148 valence electrons. The molecule has 1 N–H and O–H groups in total. The Bertz CT molecular complexity index is 699. The number of piperazine rings is 1. The summed E-state index contributed by atoms with van der Waals surface area (Å²) in [6.45, 7) is 11.7. The van der Waals surface area contributed by atoms with E-state index in [1.807, 2.05) is 39.0 Å². The van der Waals surface area contributed by atoms with E-state index in [0.29, 0.717) is 32.8 Å². The van der Waals surface area contributed by atoms with Crippen LogP contribution in [0.1, 0.15) is 26.3 Å². The Morgan fingerprint density at radius 1 is 1.33 bits per heavy atom. The normalized spacial score (nSPS) is 19.4. The Balaban J connectivity index is 1.42. The molecule has 2 aliphatic heterocycles. The van der Waals surface area contributed by atoms with Gasteiger partial charge < -0.3 is 24.6 Å². The van der Waals surface area contributed by atoms with E-state index in [9.17, 15) is 4.79 Å². The number of carbonyl (C=O) groups is 1. The zero-order valence-corrected chi connectivity index (χ0v) is 16.7. The van der Waals surface area contributed by atoms with Crippen LogP contribution in [0.15, 0.2) is 29.3 Å². The third-order valence-corrected chi connectivity index (χ3v) is 4.50. The fraction of sp³-hybridized carbons (Fsp3) is 0.600. The van der Waals surface area contributed by atoms with Gasteiger partial charge in [-0.3, -0.25) is 4.99 Å². The van der Waals surface area contributed by atoms with Crippen LogP contribution >= 0.6 is 0 Å². The van der Waals surface area contributed by atoms with Gasteiger partial charge in [0, 0.05) is 19.6 Å². The lowest BCUT2D eigenvalue weighted by molar-refractivity contribution is 0.0137. The first-order chi connectivity index (χ1) is 12.8. The average Bonchev–Trinajstić information content (AvgIpc) is 2.99. The SMILES string of the molecule is Cc1cccc(OCCNC2=NCC3CN(C(=O)OC(C)(C)C)CCN23)c1. The number of nitrogens with one attached hydrogen (secondary N) is 1. The van der Waals surface area contributed by atoms with E-state index in [-0.39, 0.29) is 12.1 Å². The van der Waals surface area contributed by atoms with Crippen molar-refractivity contribution in [3.8, 4) is 5.75 Å². The number of aliphatic imine (C=N–C) groups is 1. The van der Waals surface area contributed by atoms with Crippen LogP contribution in [0.2, 0.25) is 0 Å². The average molecular weight is 374 g/mol. The number of carbonyl (C=O) groups excluding carboxylic acids is 1. The molecule has 1 unspecified atom stereocenters. The molecule has 0 radical (unpaired) electrons. The van der Waals surface area contributed by atoms with Gasteiger partial charge in [-0.05, 0) is 45.4 Å².